The predicted octanol–water partition coefficient (Wildman–Crippen LogP) is -1.55. The first kappa shape index (κ1) is 8.66. The molecule has 1 aliphatic heterocycles. The summed E-state index contributed by atoms with van der Waals surface area (Å²) in [5, 5.41) is 8.43. The van der Waals surface area contributed by atoms with Gasteiger partial charge in [-0.05, 0) is 0 Å². The van der Waals surface area contributed by atoms with Crippen LogP contribution < -0.4 is 0 Å². The number of aliphatic carboxylic acids is 1. The highest BCUT2D eigenvalue weighted by atomic mass is 16.5. The van der Waals surface area contributed by atoms with Crippen LogP contribution in [0.5, 0.6) is 0 Å². The van der Waals surface area contributed by atoms with Crippen LogP contribution in [0.3, 0.4) is 0 Å². The van der Waals surface area contributed by atoms with Gasteiger partial charge in [0.2, 0.25) is 6.10 Å². The Kier molecular flexibility index (Phi) is 2.09. The number of hydrogen-bond acceptors (Lipinski definition) is 4. The van der Waals surface area contributed by atoms with Crippen LogP contribution >= 0.6 is 0 Å². The smallest absolute Gasteiger partial charge is 0.342 e. The van der Waals surface area contributed by atoms with Gasteiger partial charge in [0, 0.05) is 7.05 Å². The molecule has 0 bridgehead atoms. The van der Waals surface area contributed by atoms with Gasteiger partial charge >= 0.3 is 5.97 Å². The molecule has 66 valence electrons. The van der Waals surface area contributed by atoms with Crippen LogP contribution in [-0.2, 0) is 19.1 Å². The number of imide groups is 1. The van der Waals surface area contributed by atoms with Crippen molar-refractivity contribution in [1.82, 2.24) is 4.90 Å². The predicted molar refractivity (Wildman–Crippen MR) is 35.2 cm³/mol. The Morgan fingerprint density at radius 3 is 2.75 bits per heavy atom. The Bertz CT molecular complexity index is 248. The molecular weight excluding hydrogens is 166 g/mol. The van der Waals surface area contributed by atoms with E-state index in [4.69, 9.17) is 5.11 Å². The zero-order chi connectivity index (χ0) is 9.30. The molecule has 0 aromatic heterocycles. The number of morpholine rings is 1. The molecule has 6 nitrogen and oxygen atoms in total. The van der Waals surface area contributed by atoms with Gasteiger partial charge in [-0.25, -0.2) is 4.79 Å². The van der Waals surface area contributed by atoms with Crippen molar-refractivity contribution in [1.29, 1.82) is 0 Å². The molecule has 0 spiro atoms. The van der Waals surface area contributed by atoms with Crippen LogP contribution in [0.15, 0.2) is 0 Å². The molecule has 0 aliphatic carbocycles. The Labute approximate surface area is 67.7 Å². The third kappa shape index (κ3) is 1.28. The number of carboxylic acid groups (broad SMARTS) is 1. The van der Waals surface area contributed by atoms with Crippen molar-refractivity contribution >= 4 is 17.8 Å². The van der Waals surface area contributed by atoms with Crippen LogP contribution in [0.2, 0.25) is 0 Å². The second kappa shape index (κ2) is 2.90. The number of amides is 2. The van der Waals surface area contributed by atoms with E-state index in [2.05, 4.69) is 4.74 Å². The lowest BCUT2D eigenvalue weighted by molar-refractivity contribution is -0.173. The first-order chi connectivity index (χ1) is 5.54. The van der Waals surface area contributed by atoms with Crippen LogP contribution in [0.4, 0.5) is 0 Å². The van der Waals surface area contributed by atoms with Crippen molar-refractivity contribution in [3.63, 3.8) is 0 Å². The van der Waals surface area contributed by atoms with E-state index in [1.807, 2.05) is 0 Å². The largest absolute Gasteiger partial charge is 0.479 e. The number of nitrogens with zero attached hydrogens (tertiary/aromatic N) is 1. The SMILES string of the molecule is CN1C(=O)COC(C(=O)O)C1=O. The normalized spacial score (nSPS) is 24.4. The van der Waals surface area contributed by atoms with E-state index < -0.39 is 23.9 Å². The maximum atomic E-state index is 11.0. The first-order valence-electron chi connectivity index (χ1n) is 3.19. The van der Waals surface area contributed by atoms with Gasteiger partial charge in [0.15, 0.2) is 0 Å². The standard InChI is InChI=1S/C6H7NO5/c1-7-3(8)2-12-4(5(7)9)6(10)11/h4H,2H2,1H3,(H,10,11). The molecule has 1 saturated heterocycles. The molecular formula is C6H7NO5. The molecule has 12 heavy (non-hydrogen) atoms. The highest BCUT2D eigenvalue weighted by Crippen LogP contribution is 2.05. The van der Waals surface area contributed by atoms with E-state index in [9.17, 15) is 14.4 Å². The van der Waals surface area contributed by atoms with E-state index in [1.165, 1.54) is 7.05 Å². The Hall–Kier alpha value is -1.43. The molecule has 0 radical (unpaired) electrons. The highest BCUT2D eigenvalue weighted by Gasteiger charge is 2.37. The van der Waals surface area contributed by atoms with E-state index in [-0.39, 0.29) is 6.61 Å². The molecule has 1 fully saturated rings. The van der Waals surface area contributed by atoms with Gasteiger partial charge in [-0.15, -0.1) is 0 Å². The van der Waals surface area contributed by atoms with Crippen molar-refractivity contribution in [3.8, 4) is 0 Å². The van der Waals surface area contributed by atoms with Crippen LogP contribution in [0.25, 0.3) is 0 Å². The summed E-state index contributed by atoms with van der Waals surface area (Å²) in [5.74, 6) is -2.74. The summed E-state index contributed by atoms with van der Waals surface area (Å²) in [5.41, 5.74) is 0. The summed E-state index contributed by atoms with van der Waals surface area (Å²) in [7, 11) is 1.23. The number of ether oxygens (including phenoxy) is 1. The lowest BCUT2D eigenvalue weighted by Crippen LogP contribution is -2.52. The molecule has 1 atom stereocenters. The zero-order valence-corrected chi connectivity index (χ0v) is 6.31. The highest BCUT2D eigenvalue weighted by molar-refractivity contribution is 6.08. The third-order valence-electron chi connectivity index (χ3n) is 1.53. The van der Waals surface area contributed by atoms with Crippen molar-refractivity contribution in [2.45, 2.75) is 6.10 Å². The van der Waals surface area contributed by atoms with Crippen molar-refractivity contribution in [3.05, 3.63) is 0 Å². The third-order valence-corrected chi connectivity index (χ3v) is 1.53. The van der Waals surface area contributed by atoms with E-state index >= 15 is 0 Å². The fourth-order valence-corrected chi connectivity index (χ4v) is 0.798. The van der Waals surface area contributed by atoms with Gasteiger partial charge < -0.3 is 9.84 Å². The Balaban J connectivity index is 2.78. The Morgan fingerprint density at radius 1 is 1.67 bits per heavy atom. The summed E-state index contributed by atoms with van der Waals surface area (Å²) in [6.07, 6.45) is -1.53. The average molecular weight is 173 g/mol. The van der Waals surface area contributed by atoms with Gasteiger partial charge in [-0.2, -0.15) is 0 Å². The number of carbonyl (C=O) groups is 3. The summed E-state index contributed by atoms with van der Waals surface area (Å²) in [6.45, 7) is -0.362. The lowest BCUT2D eigenvalue weighted by Gasteiger charge is -2.24. The maximum absolute atomic E-state index is 11.0. The number of carbonyl (C=O) groups excluding carboxylic acids is 2. The minimum Gasteiger partial charge on any atom is -0.479 e. The second-order valence-electron chi connectivity index (χ2n) is 2.32. The zero-order valence-electron chi connectivity index (χ0n) is 6.31. The van der Waals surface area contributed by atoms with Crippen LogP contribution in [0, 0.1) is 0 Å². The molecule has 0 aromatic rings. The maximum Gasteiger partial charge on any atom is 0.342 e. The van der Waals surface area contributed by atoms with Crippen LogP contribution in [-0.4, -0.2) is 47.5 Å². The summed E-state index contributed by atoms with van der Waals surface area (Å²) < 4.78 is 4.49. The van der Waals surface area contributed by atoms with Gasteiger partial charge in [0.1, 0.15) is 6.61 Å². The molecule has 2 amide bonds. The monoisotopic (exact) mass is 173 g/mol. The molecule has 1 heterocycles. The minimum atomic E-state index is -1.53. The second-order valence-corrected chi connectivity index (χ2v) is 2.32. The molecule has 6 heteroatoms. The van der Waals surface area contributed by atoms with Gasteiger partial charge in [0.25, 0.3) is 11.8 Å². The Morgan fingerprint density at radius 2 is 2.25 bits per heavy atom. The molecule has 1 unspecified atom stereocenters. The van der Waals surface area contributed by atoms with E-state index in [0.29, 0.717) is 0 Å². The first-order valence-corrected chi connectivity index (χ1v) is 3.19. The van der Waals surface area contributed by atoms with E-state index in [0.717, 1.165) is 4.90 Å². The number of carboxylic acids is 1. The quantitative estimate of drug-likeness (QED) is 0.383. The van der Waals surface area contributed by atoms with Crippen molar-refractivity contribution in [2.75, 3.05) is 13.7 Å². The average Bonchev–Trinajstić information content (AvgIpc) is 2.00. The number of rotatable bonds is 1. The fraction of sp³-hybridized carbons (Fsp3) is 0.500. The van der Waals surface area contributed by atoms with Gasteiger partial charge in [0.05, 0.1) is 0 Å². The molecule has 1 aliphatic rings. The molecule has 1 N–H and O–H groups in total. The minimum absolute atomic E-state index is 0.362. The van der Waals surface area contributed by atoms with Crippen LogP contribution in [0.1, 0.15) is 0 Å². The fourth-order valence-electron chi connectivity index (χ4n) is 0.798. The lowest BCUT2D eigenvalue weighted by atomic mass is 10.2. The number of hydrogen-bond donors (Lipinski definition) is 1. The van der Waals surface area contributed by atoms with Crippen molar-refractivity contribution < 1.29 is 24.2 Å². The van der Waals surface area contributed by atoms with Gasteiger partial charge in [-0.1, -0.05) is 0 Å². The molecule has 0 saturated carbocycles. The molecule has 0 aromatic carbocycles. The topological polar surface area (TPSA) is 83.9 Å². The van der Waals surface area contributed by atoms with Gasteiger partial charge in [-0.3, -0.25) is 14.5 Å². The summed E-state index contributed by atoms with van der Waals surface area (Å²) in [4.78, 5) is 32.8. The number of likely N-dealkylation sites (N-methyl/N-ethyl adjacent to an activating group) is 1. The molecule has 1 rings (SSSR count). The summed E-state index contributed by atoms with van der Waals surface area (Å²) >= 11 is 0. The van der Waals surface area contributed by atoms with Crippen molar-refractivity contribution in [2.24, 2.45) is 0 Å². The summed E-state index contributed by atoms with van der Waals surface area (Å²) in [6, 6.07) is 0. The van der Waals surface area contributed by atoms with E-state index in [1.54, 1.807) is 0 Å².